The Bertz CT molecular complexity index is 292. The van der Waals surface area contributed by atoms with E-state index in [1.165, 1.54) is 0 Å². The summed E-state index contributed by atoms with van der Waals surface area (Å²) in [6, 6.07) is 0. The first-order valence-electron chi connectivity index (χ1n) is 2.06. The summed E-state index contributed by atoms with van der Waals surface area (Å²) < 4.78 is 96.3. The third-order valence-electron chi connectivity index (χ3n) is 0. The van der Waals surface area contributed by atoms with E-state index in [1.807, 2.05) is 0 Å². The molecule has 0 spiro atoms. The Morgan fingerprint density at radius 1 is 0.412 bits per heavy atom. The van der Waals surface area contributed by atoms with E-state index in [9.17, 15) is 0 Å². The molecule has 0 saturated carbocycles. The fraction of sp³-hybridized carbons (Fsp3) is 0. The summed E-state index contributed by atoms with van der Waals surface area (Å²) in [5, 5.41) is 0. The van der Waals surface area contributed by atoms with Crippen molar-refractivity contribution in [2.24, 2.45) is 0 Å². The van der Waals surface area contributed by atoms with Crippen LogP contribution in [0.2, 0.25) is 0 Å². The predicted octanol–water partition coefficient (Wildman–Crippen LogP) is -0.928. The van der Waals surface area contributed by atoms with Crippen molar-refractivity contribution in [3.05, 3.63) is 0 Å². The van der Waals surface area contributed by atoms with Crippen LogP contribution in [-0.4, -0.2) is 18.2 Å². The van der Waals surface area contributed by atoms with E-state index < -0.39 is 43.9 Å². The van der Waals surface area contributed by atoms with Crippen LogP contribution < -0.4 is 0 Å². The van der Waals surface area contributed by atoms with Gasteiger partial charge in [0.05, 0.1) is 0 Å². The van der Waals surface area contributed by atoms with Crippen LogP contribution in [0.25, 0.3) is 0 Å². The molecule has 0 amide bonds. The third-order valence-corrected chi connectivity index (χ3v) is 0. The maximum Gasteiger partial charge on any atom is 0.0495 e. The number of rotatable bonds is 0. The average Bonchev–Trinajstić information content (AvgIpc) is 1.76. The van der Waals surface area contributed by atoms with Gasteiger partial charge < -0.3 is 51.9 Å². The van der Waals surface area contributed by atoms with E-state index in [0.29, 0.717) is 0 Å². The van der Waals surface area contributed by atoms with Crippen molar-refractivity contribution in [3.8, 4) is 0 Å². The zero-order valence-electron chi connectivity index (χ0n) is 6.99. The minimum absolute atomic E-state index is 0. The second-order valence-electron chi connectivity index (χ2n) is 0.868. The second-order valence-corrected chi connectivity index (χ2v) is 2.61. The molecule has 0 aliphatic heterocycles. The molecule has 0 heterocycles. The van der Waals surface area contributed by atoms with Crippen LogP contribution in [0.15, 0.2) is 0 Å². The molecule has 1 radical (unpaired) electrons. The van der Waals surface area contributed by atoms with E-state index in [4.69, 9.17) is 51.9 Å². The van der Waals surface area contributed by atoms with Gasteiger partial charge in [-0.05, 0) is 0 Å². The van der Waals surface area contributed by atoms with E-state index in [0.717, 1.165) is 0 Å². The Balaban J connectivity index is -0.0000000369. The Morgan fingerprint density at radius 2 is 0.412 bits per heavy atom. The van der Waals surface area contributed by atoms with Crippen LogP contribution in [0, 0.1) is 0 Å². The topological polar surface area (TPSA) is 217 Å². The standard InChI is InChI=1S/Cu.4HO3S/c;4*1-4(2)3/h;4*(H,1,2,3)/q;4*-1. The SMILES string of the molecule is O=[S-](=O)O.O=[S-](=O)O.O=[S-](=O)O.O=[S-](=O)O.[Cu]. The fourth-order valence-electron chi connectivity index (χ4n) is 0. The van der Waals surface area contributed by atoms with Gasteiger partial charge in [0.2, 0.25) is 0 Å². The predicted molar refractivity (Wildman–Crippen MR) is 45.5 cm³/mol. The quantitative estimate of drug-likeness (QED) is 0.171. The summed E-state index contributed by atoms with van der Waals surface area (Å²) in [5.41, 5.74) is 0. The van der Waals surface area contributed by atoms with Gasteiger partial charge in [-0.2, -0.15) is 0 Å². The largest absolute Gasteiger partial charge is 0.439 e. The molecule has 0 fully saturated rings. The first-order chi connectivity index (χ1) is 6.93. The molecule has 0 aromatic heterocycles. The molecule has 0 aliphatic rings. The Hall–Kier alpha value is 0.159. The average molecular weight is 388 g/mol. The summed E-state index contributed by atoms with van der Waals surface area (Å²) in [6.45, 7) is 0. The van der Waals surface area contributed by atoms with Crippen LogP contribution in [-0.2, 0) is 94.7 Å². The molecule has 0 aliphatic carbocycles. The Kier molecular flexibility index (Phi) is 44.8. The summed E-state index contributed by atoms with van der Waals surface area (Å²) >= 11 is 0. The third kappa shape index (κ3) is 127000. The summed E-state index contributed by atoms with van der Waals surface area (Å²) in [6.07, 6.45) is 0. The van der Waals surface area contributed by atoms with E-state index in [2.05, 4.69) is 0 Å². The molecule has 17 heteroatoms. The van der Waals surface area contributed by atoms with E-state index in [-0.39, 0.29) is 17.1 Å². The molecule has 0 rings (SSSR count). The van der Waals surface area contributed by atoms with Crippen molar-refractivity contribution in [1.29, 1.82) is 0 Å². The van der Waals surface area contributed by atoms with Gasteiger partial charge in [0.25, 0.3) is 0 Å². The van der Waals surface area contributed by atoms with Gasteiger partial charge in [0.1, 0.15) is 0 Å². The normalized spacial score (nSPS) is 8.00. The van der Waals surface area contributed by atoms with Crippen LogP contribution in [0.5, 0.6) is 0 Å². The van der Waals surface area contributed by atoms with Gasteiger partial charge in [0.15, 0.2) is 0 Å². The van der Waals surface area contributed by atoms with E-state index in [1.54, 1.807) is 0 Å². The first kappa shape index (κ1) is 30.3. The maximum atomic E-state index is 8.56. The molecule has 12 nitrogen and oxygen atoms in total. The number of hydrogen-bond acceptors (Lipinski definition) is 12. The Morgan fingerprint density at radius 3 is 0.412 bits per heavy atom. The molecule has 17 heavy (non-hydrogen) atoms. The zero-order chi connectivity index (χ0) is 14.3. The smallest absolute Gasteiger partial charge is 0.0495 e. The van der Waals surface area contributed by atoms with Gasteiger partial charge in [-0.15, -0.1) is 0 Å². The minimum atomic E-state index is -2.86. The zero-order valence-corrected chi connectivity index (χ0v) is 11.2. The molecule has 0 unspecified atom stereocenters. The minimum Gasteiger partial charge on any atom is -0.439 e. The fourth-order valence-corrected chi connectivity index (χ4v) is 0. The molecule has 4 N–H and O–H groups in total. The molecule has 115 valence electrons. The number of hydrogen-bond donors (Lipinski definition) is 4. The van der Waals surface area contributed by atoms with Crippen LogP contribution in [0.4, 0.5) is 0 Å². The van der Waals surface area contributed by atoms with Gasteiger partial charge in [-0.25, -0.2) is 0 Å². The van der Waals surface area contributed by atoms with Gasteiger partial charge in [0, 0.05) is 61.0 Å². The van der Waals surface area contributed by atoms with E-state index >= 15 is 0 Å². The van der Waals surface area contributed by atoms with Crippen molar-refractivity contribution in [2.45, 2.75) is 0 Å². The van der Waals surface area contributed by atoms with Crippen molar-refractivity contribution >= 4 is 43.9 Å². The van der Waals surface area contributed by atoms with Gasteiger partial charge in [-0.3, -0.25) is 0 Å². The first-order valence-corrected chi connectivity index (χ1v) is 6.19. The van der Waals surface area contributed by atoms with Gasteiger partial charge >= 0.3 is 0 Å². The molecule has 0 aromatic rings. The molecular formula is H4CuO12S4-4. The van der Waals surface area contributed by atoms with Crippen LogP contribution in [0.3, 0.4) is 0 Å². The van der Waals surface area contributed by atoms with Crippen molar-refractivity contribution < 1.29 is 69.0 Å². The van der Waals surface area contributed by atoms with Gasteiger partial charge in [-0.1, -0.05) is 0 Å². The summed E-state index contributed by atoms with van der Waals surface area (Å²) in [4.78, 5) is 0. The molecular weight excluding hydrogens is 384 g/mol. The molecule has 0 atom stereocenters. The Labute approximate surface area is 113 Å². The second kappa shape index (κ2) is 25.1. The van der Waals surface area contributed by atoms with Crippen molar-refractivity contribution in [2.75, 3.05) is 0 Å². The van der Waals surface area contributed by atoms with Crippen LogP contribution in [0.1, 0.15) is 0 Å². The van der Waals surface area contributed by atoms with Crippen molar-refractivity contribution in [3.63, 3.8) is 0 Å². The molecule has 0 saturated heterocycles. The monoisotopic (exact) mass is 387 g/mol. The maximum absolute atomic E-state index is 8.56. The summed E-state index contributed by atoms with van der Waals surface area (Å²) in [5.74, 6) is 0. The molecule has 0 aromatic carbocycles. The van der Waals surface area contributed by atoms with Crippen LogP contribution >= 0.6 is 0 Å². The van der Waals surface area contributed by atoms with Crippen molar-refractivity contribution in [1.82, 2.24) is 0 Å². The summed E-state index contributed by atoms with van der Waals surface area (Å²) in [7, 11) is -11.4. The molecule has 0 bridgehead atoms.